The Bertz CT molecular complexity index is 321. The van der Waals surface area contributed by atoms with Crippen molar-refractivity contribution < 1.29 is 5.11 Å². The lowest BCUT2D eigenvalue weighted by Gasteiger charge is -2.16. The predicted molar refractivity (Wildman–Crippen MR) is 62.2 cm³/mol. The molecule has 0 spiro atoms. The average Bonchev–Trinajstić information content (AvgIpc) is 2.12. The second-order valence-electron chi connectivity index (χ2n) is 3.16. The quantitative estimate of drug-likeness (QED) is 0.726. The van der Waals surface area contributed by atoms with E-state index in [1.54, 1.807) is 19.1 Å². The summed E-state index contributed by atoms with van der Waals surface area (Å²) < 4.78 is 0.691. The third kappa shape index (κ3) is 2.39. The maximum absolute atomic E-state index is 9.31. The van der Waals surface area contributed by atoms with Gasteiger partial charge in [-0.1, -0.05) is 11.6 Å². The van der Waals surface area contributed by atoms with Crippen molar-refractivity contribution in [3.05, 3.63) is 27.2 Å². The Morgan fingerprint density at radius 1 is 1.50 bits per heavy atom. The number of hydrogen-bond donors (Lipinski definition) is 3. The molecule has 0 aliphatic carbocycles. The van der Waals surface area contributed by atoms with Gasteiger partial charge in [-0.25, -0.2) is 0 Å². The molecule has 0 aliphatic rings. The molecule has 1 aromatic rings. The summed E-state index contributed by atoms with van der Waals surface area (Å²) in [6.07, 6.45) is -0.624. The molecule has 14 heavy (non-hydrogen) atoms. The van der Waals surface area contributed by atoms with Crippen LogP contribution in [-0.4, -0.2) is 11.2 Å². The van der Waals surface area contributed by atoms with Crippen LogP contribution in [0.3, 0.4) is 0 Å². The fourth-order valence-corrected chi connectivity index (χ4v) is 1.89. The SMILES string of the molecule is CC(O)[C@@H](N)c1cc(Cl)c(N)c(Br)c1. The monoisotopic (exact) mass is 278 g/mol. The summed E-state index contributed by atoms with van der Waals surface area (Å²) >= 11 is 9.14. The first-order chi connectivity index (χ1) is 6.43. The highest BCUT2D eigenvalue weighted by Gasteiger charge is 2.14. The Kier molecular flexibility index (Phi) is 3.78. The lowest BCUT2D eigenvalue weighted by Crippen LogP contribution is -2.23. The van der Waals surface area contributed by atoms with E-state index in [4.69, 9.17) is 23.1 Å². The molecule has 5 N–H and O–H groups in total. The Morgan fingerprint density at radius 3 is 2.50 bits per heavy atom. The highest BCUT2D eigenvalue weighted by molar-refractivity contribution is 9.10. The second kappa shape index (κ2) is 4.49. The summed E-state index contributed by atoms with van der Waals surface area (Å²) in [6, 6.07) is 2.97. The van der Waals surface area contributed by atoms with Crippen molar-refractivity contribution in [2.75, 3.05) is 5.73 Å². The van der Waals surface area contributed by atoms with E-state index in [1.807, 2.05) is 0 Å². The lowest BCUT2D eigenvalue weighted by molar-refractivity contribution is 0.164. The van der Waals surface area contributed by atoms with Crippen molar-refractivity contribution in [2.24, 2.45) is 5.73 Å². The molecule has 0 saturated carbocycles. The van der Waals surface area contributed by atoms with Crippen LogP contribution in [0.25, 0.3) is 0 Å². The zero-order valence-corrected chi connectivity index (χ0v) is 10.0. The number of anilines is 1. The number of halogens is 2. The first kappa shape index (κ1) is 11.8. The van der Waals surface area contributed by atoms with E-state index in [-0.39, 0.29) is 0 Å². The zero-order valence-electron chi connectivity index (χ0n) is 7.67. The minimum Gasteiger partial charge on any atom is -0.397 e. The van der Waals surface area contributed by atoms with Gasteiger partial charge in [-0.3, -0.25) is 0 Å². The van der Waals surface area contributed by atoms with E-state index < -0.39 is 12.1 Å². The fraction of sp³-hybridized carbons (Fsp3) is 0.333. The summed E-state index contributed by atoms with van der Waals surface area (Å²) in [5, 5.41) is 9.75. The summed E-state index contributed by atoms with van der Waals surface area (Å²) in [4.78, 5) is 0. The van der Waals surface area contributed by atoms with Gasteiger partial charge in [0.2, 0.25) is 0 Å². The third-order valence-corrected chi connectivity index (χ3v) is 2.97. The van der Waals surface area contributed by atoms with Crippen LogP contribution >= 0.6 is 27.5 Å². The van der Waals surface area contributed by atoms with Crippen LogP contribution < -0.4 is 11.5 Å². The first-order valence-corrected chi connectivity index (χ1v) is 5.28. The average molecular weight is 280 g/mol. The molecule has 0 amide bonds. The van der Waals surface area contributed by atoms with Crippen molar-refractivity contribution in [3.8, 4) is 0 Å². The predicted octanol–water partition coefficient (Wildman–Crippen LogP) is 2.07. The van der Waals surface area contributed by atoms with Crippen LogP contribution in [-0.2, 0) is 0 Å². The van der Waals surface area contributed by atoms with Crippen LogP contribution in [0.5, 0.6) is 0 Å². The largest absolute Gasteiger partial charge is 0.397 e. The normalized spacial score (nSPS) is 15.2. The van der Waals surface area contributed by atoms with E-state index in [1.165, 1.54) is 0 Å². The molecule has 78 valence electrons. The summed E-state index contributed by atoms with van der Waals surface area (Å²) in [7, 11) is 0. The van der Waals surface area contributed by atoms with E-state index in [9.17, 15) is 5.11 Å². The molecular formula is C9H12BrClN2O. The van der Waals surface area contributed by atoms with Crippen molar-refractivity contribution in [3.63, 3.8) is 0 Å². The number of benzene rings is 1. The maximum Gasteiger partial charge on any atom is 0.0704 e. The molecule has 0 bridgehead atoms. The molecule has 0 aliphatic heterocycles. The van der Waals surface area contributed by atoms with Gasteiger partial charge < -0.3 is 16.6 Å². The number of aliphatic hydroxyl groups excluding tert-OH is 1. The molecule has 3 nitrogen and oxygen atoms in total. The lowest BCUT2D eigenvalue weighted by atomic mass is 10.0. The van der Waals surface area contributed by atoms with Gasteiger partial charge in [0.1, 0.15) is 0 Å². The molecule has 0 radical (unpaired) electrons. The first-order valence-electron chi connectivity index (χ1n) is 4.11. The van der Waals surface area contributed by atoms with E-state index in [2.05, 4.69) is 15.9 Å². The Morgan fingerprint density at radius 2 is 2.07 bits per heavy atom. The van der Waals surface area contributed by atoms with Crippen LogP contribution in [0, 0.1) is 0 Å². The number of nitrogens with two attached hydrogens (primary N) is 2. The summed E-state index contributed by atoms with van der Waals surface area (Å²) in [6.45, 7) is 1.63. The smallest absolute Gasteiger partial charge is 0.0704 e. The van der Waals surface area contributed by atoms with Gasteiger partial charge in [0.15, 0.2) is 0 Å². The topological polar surface area (TPSA) is 72.3 Å². The summed E-state index contributed by atoms with van der Waals surface area (Å²) in [5.41, 5.74) is 12.6. The van der Waals surface area contributed by atoms with Crippen molar-refractivity contribution >= 4 is 33.2 Å². The molecule has 0 saturated heterocycles. The molecule has 2 atom stereocenters. The fourth-order valence-electron chi connectivity index (χ4n) is 1.07. The van der Waals surface area contributed by atoms with E-state index in [0.29, 0.717) is 15.2 Å². The van der Waals surface area contributed by atoms with Gasteiger partial charge in [0.05, 0.1) is 22.9 Å². The Hall–Kier alpha value is -0.290. The van der Waals surface area contributed by atoms with Crippen molar-refractivity contribution in [1.82, 2.24) is 0 Å². The van der Waals surface area contributed by atoms with Gasteiger partial charge in [0, 0.05) is 4.47 Å². The Balaban J connectivity index is 3.12. The van der Waals surface area contributed by atoms with Gasteiger partial charge in [-0.05, 0) is 40.5 Å². The van der Waals surface area contributed by atoms with Crippen molar-refractivity contribution in [2.45, 2.75) is 19.1 Å². The van der Waals surface area contributed by atoms with Gasteiger partial charge in [-0.15, -0.1) is 0 Å². The molecule has 0 aromatic heterocycles. The van der Waals surface area contributed by atoms with Gasteiger partial charge >= 0.3 is 0 Å². The van der Waals surface area contributed by atoms with Crippen LogP contribution in [0.4, 0.5) is 5.69 Å². The highest BCUT2D eigenvalue weighted by atomic mass is 79.9. The van der Waals surface area contributed by atoms with Crippen LogP contribution in [0.2, 0.25) is 5.02 Å². The number of rotatable bonds is 2. The molecule has 1 rings (SSSR count). The molecule has 0 fully saturated rings. The van der Waals surface area contributed by atoms with Crippen LogP contribution in [0.1, 0.15) is 18.5 Å². The molecule has 1 unspecified atom stereocenters. The molecule has 5 heteroatoms. The van der Waals surface area contributed by atoms with E-state index >= 15 is 0 Å². The highest BCUT2D eigenvalue weighted by Crippen LogP contribution is 2.31. The molecule has 0 heterocycles. The standard InChI is InChI=1S/C9H12BrClN2O/c1-4(14)8(12)5-2-6(10)9(13)7(11)3-5/h2-4,8,14H,12-13H2,1H3/t4?,8-/m1/s1. The van der Waals surface area contributed by atoms with Gasteiger partial charge in [-0.2, -0.15) is 0 Å². The number of aliphatic hydroxyl groups is 1. The Labute approximate surface area is 96.2 Å². The summed E-state index contributed by atoms with van der Waals surface area (Å²) in [5.74, 6) is 0. The van der Waals surface area contributed by atoms with E-state index in [0.717, 1.165) is 5.56 Å². The van der Waals surface area contributed by atoms with Crippen molar-refractivity contribution in [1.29, 1.82) is 0 Å². The van der Waals surface area contributed by atoms with Crippen LogP contribution in [0.15, 0.2) is 16.6 Å². The number of nitrogen functional groups attached to an aromatic ring is 1. The number of hydrogen-bond acceptors (Lipinski definition) is 3. The minimum atomic E-state index is -0.624. The third-order valence-electron chi connectivity index (χ3n) is 2.01. The molecule has 1 aromatic carbocycles. The zero-order chi connectivity index (χ0) is 10.9. The molecular weight excluding hydrogens is 267 g/mol. The van der Waals surface area contributed by atoms with Gasteiger partial charge in [0.25, 0.3) is 0 Å². The maximum atomic E-state index is 9.31. The second-order valence-corrected chi connectivity index (χ2v) is 4.43. The minimum absolute atomic E-state index is 0.436.